The van der Waals surface area contributed by atoms with Crippen molar-refractivity contribution in [2.24, 2.45) is 5.41 Å². The molecule has 0 amide bonds. The summed E-state index contributed by atoms with van der Waals surface area (Å²) in [5.41, 5.74) is 2.91. The van der Waals surface area contributed by atoms with Crippen molar-refractivity contribution < 1.29 is 23.2 Å². The Labute approximate surface area is 211 Å². The summed E-state index contributed by atoms with van der Waals surface area (Å²) in [5.74, 6) is 0.0729. The number of benzene rings is 1. The van der Waals surface area contributed by atoms with Crippen LogP contribution in [-0.4, -0.2) is 81.1 Å². The van der Waals surface area contributed by atoms with E-state index in [1.165, 1.54) is 0 Å². The maximum Gasteiger partial charge on any atom is 0.282 e. The fourth-order valence-electron chi connectivity index (χ4n) is 3.79. The van der Waals surface area contributed by atoms with E-state index in [2.05, 4.69) is 15.0 Å². The number of aromatic nitrogens is 3. The van der Waals surface area contributed by atoms with Gasteiger partial charge in [-0.25, -0.2) is 4.98 Å². The zero-order chi connectivity index (χ0) is 21.5. The SMILES string of the molecule is CCC12OCC(COc3ccnc(CS(=O)c4nc5ccccc5[nH]4)c3C)(CO1)CO2.[Na]. The Morgan fingerprint density at radius 2 is 1.88 bits per heavy atom. The number of nitrogens with one attached hydrogen (secondary N) is 1. The van der Waals surface area contributed by atoms with Gasteiger partial charge in [0.1, 0.15) is 12.4 Å². The van der Waals surface area contributed by atoms with Gasteiger partial charge in [0, 0.05) is 47.7 Å². The van der Waals surface area contributed by atoms with Gasteiger partial charge in [-0.1, -0.05) is 19.1 Å². The molecule has 32 heavy (non-hydrogen) atoms. The van der Waals surface area contributed by atoms with Crippen LogP contribution in [0.1, 0.15) is 24.6 Å². The molecule has 3 fully saturated rings. The molecule has 8 nitrogen and oxygen atoms in total. The molecule has 0 spiro atoms. The normalized spacial score (nSPS) is 25.4. The molecule has 1 N–H and O–H groups in total. The average molecular weight is 467 g/mol. The Morgan fingerprint density at radius 3 is 2.56 bits per heavy atom. The smallest absolute Gasteiger partial charge is 0.282 e. The van der Waals surface area contributed by atoms with Gasteiger partial charge in [0.25, 0.3) is 5.97 Å². The van der Waals surface area contributed by atoms with Crippen LogP contribution in [0, 0.1) is 12.3 Å². The molecule has 165 valence electrons. The number of pyridine rings is 1. The van der Waals surface area contributed by atoms with Crippen LogP contribution in [0.5, 0.6) is 5.75 Å². The molecule has 2 bridgehead atoms. The fourth-order valence-corrected chi connectivity index (χ4v) is 4.89. The van der Waals surface area contributed by atoms with E-state index in [0.29, 0.717) is 43.8 Å². The quantitative estimate of drug-likeness (QED) is 0.535. The molecule has 1 unspecified atom stereocenters. The minimum atomic E-state index is -1.35. The van der Waals surface area contributed by atoms with Crippen molar-refractivity contribution in [3.05, 3.63) is 47.8 Å². The summed E-state index contributed by atoms with van der Waals surface area (Å²) in [5, 5.41) is 0.447. The Kier molecular flexibility index (Phi) is 7.07. The van der Waals surface area contributed by atoms with Gasteiger partial charge in [-0.3, -0.25) is 9.19 Å². The number of H-pyrrole nitrogens is 1. The Hall–Kier alpha value is -1.33. The van der Waals surface area contributed by atoms with E-state index >= 15 is 0 Å². The number of rotatable bonds is 7. The minimum absolute atomic E-state index is 0. The van der Waals surface area contributed by atoms with Crippen molar-refractivity contribution in [3.63, 3.8) is 0 Å². The largest absolute Gasteiger partial charge is 0.492 e. The summed E-state index contributed by atoms with van der Waals surface area (Å²) >= 11 is 0. The number of hydrogen-bond acceptors (Lipinski definition) is 7. The molecule has 3 aromatic rings. The van der Waals surface area contributed by atoms with Crippen LogP contribution in [-0.2, 0) is 30.8 Å². The third kappa shape index (κ3) is 4.52. The summed E-state index contributed by atoms with van der Waals surface area (Å²) in [6, 6.07) is 9.45. The molecule has 6 rings (SSSR count). The van der Waals surface area contributed by atoms with Crippen molar-refractivity contribution in [1.29, 1.82) is 0 Å². The first-order chi connectivity index (χ1) is 15.0. The molecule has 10 heteroatoms. The molecule has 3 saturated heterocycles. The number of imidazole rings is 1. The van der Waals surface area contributed by atoms with E-state index < -0.39 is 16.8 Å². The number of ether oxygens (including phenoxy) is 4. The summed E-state index contributed by atoms with van der Waals surface area (Å²) in [4.78, 5) is 12.0. The second-order valence-corrected chi connectivity index (χ2v) is 9.49. The summed E-state index contributed by atoms with van der Waals surface area (Å²) < 4.78 is 36.4. The molecule has 1 atom stereocenters. The van der Waals surface area contributed by atoms with E-state index in [4.69, 9.17) is 18.9 Å². The Bertz CT molecular complexity index is 1080. The first kappa shape index (κ1) is 23.8. The Morgan fingerprint density at radius 1 is 1.16 bits per heavy atom. The van der Waals surface area contributed by atoms with Gasteiger partial charge in [-0.05, 0) is 25.1 Å². The van der Waals surface area contributed by atoms with Crippen LogP contribution in [0.2, 0.25) is 0 Å². The molecular formula is C22H25N3NaO5S. The van der Waals surface area contributed by atoms with Gasteiger partial charge < -0.3 is 23.9 Å². The van der Waals surface area contributed by atoms with E-state index in [9.17, 15) is 4.21 Å². The molecule has 0 saturated carbocycles. The van der Waals surface area contributed by atoms with Gasteiger partial charge in [0.15, 0.2) is 5.16 Å². The molecule has 5 heterocycles. The van der Waals surface area contributed by atoms with Crippen molar-refractivity contribution >= 4 is 51.4 Å². The van der Waals surface area contributed by atoms with Crippen LogP contribution in [0.3, 0.4) is 0 Å². The zero-order valence-corrected chi connectivity index (χ0v) is 21.4. The number of fused-ring (bicyclic) bond motifs is 4. The summed E-state index contributed by atoms with van der Waals surface area (Å²) in [6.45, 7) is 5.92. The number of nitrogens with zero attached hydrogens (tertiary/aromatic N) is 2. The maximum atomic E-state index is 12.9. The van der Waals surface area contributed by atoms with Crippen LogP contribution < -0.4 is 4.74 Å². The molecule has 3 aliphatic heterocycles. The maximum absolute atomic E-state index is 12.9. The van der Waals surface area contributed by atoms with E-state index in [-0.39, 0.29) is 40.7 Å². The van der Waals surface area contributed by atoms with Gasteiger partial charge in [-0.15, -0.1) is 0 Å². The van der Waals surface area contributed by atoms with Crippen LogP contribution >= 0.6 is 0 Å². The second-order valence-electron chi connectivity index (χ2n) is 8.12. The molecule has 2 aromatic heterocycles. The second kappa shape index (κ2) is 9.50. The monoisotopic (exact) mass is 466 g/mol. The van der Waals surface area contributed by atoms with Crippen molar-refractivity contribution in [2.75, 3.05) is 26.4 Å². The van der Waals surface area contributed by atoms with Crippen LogP contribution in [0.4, 0.5) is 0 Å². The zero-order valence-electron chi connectivity index (χ0n) is 18.6. The standard InChI is InChI=1S/C22H25N3O5S.Na/c1-3-22-28-12-21(13-29-22,14-30-22)11-27-19-8-9-23-18(15(19)2)10-31(26)20-24-16-6-4-5-7-17(16)25-20;/h4-9H,3,10-14H2,1-2H3,(H,24,25);. The van der Waals surface area contributed by atoms with Crippen molar-refractivity contribution in [3.8, 4) is 5.75 Å². The number of aromatic amines is 1. The minimum Gasteiger partial charge on any atom is -0.492 e. The van der Waals surface area contributed by atoms with E-state index in [0.717, 1.165) is 22.3 Å². The summed E-state index contributed by atoms with van der Waals surface area (Å²) in [7, 11) is -1.35. The van der Waals surface area contributed by atoms with Crippen molar-refractivity contribution in [2.45, 2.75) is 37.2 Å². The molecule has 3 aliphatic rings. The third-order valence-corrected chi connectivity index (χ3v) is 7.03. The van der Waals surface area contributed by atoms with Gasteiger partial charge in [0.2, 0.25) is 0 Å². The molecule has 0 aliphatic carbocycles. The van der Waals surface area contributed by atoms with Crippen LogP contribution in [0.25, 0.3) is 11.0 Å². The van der Waals surface area contributed by atoms with Gasteiger partial charge in [0.05, 0.1) is 58.5 Å². The number of hydrogen-bond donors (Lipinski definition) is 1. The predicted octanol–water partition coefficient (Wildman–Crippen LogP) is 2.70. The molecular weight excluding hydrogens is 441 g/mol. The summed E-state index contributed by atoms with van der Waals surface area (Å²) in [6.07, 6.45) is 2.33. The molecule has 1 radical (unpaired) electrons. The van der Waals surface area contributed by atoms with Crippen molar-refractivity contribution in [1.82, 2.24) is 15.0 Å². The van der Waals surface area contributed by atoms with Crippen LogP contribution in [0.15, 0.2) is 41.7 Å². The first-order valence-electron chi connectivity index (χ1n) is 10.3. The molecule has 1 aromatic carbocycles. The van der Waals surface area contributed by atoms with Gasteiger partial charge in [-0.2, -0.15) is 0 Å². The Balaban J connectivity index is 0.00000245. The third-order valence-electron chi connectivity index (χ3n) is 5.87. The van der Waals surface area contributed by atoms with E-state index in [1.54, 1.807) is 6.20 Å². The first-order valence-corrected chi connectivity index (χ1v) is 11.7. The van der Waals surface area contributed by atoms with Gasteiger partial charge >= 0.3 is 0 Å². The number of para-hydroxylation sites is 2. The fraction of sp³-hybridized carbons (Fsp3) is 0.455. The van der Waals surface area contributed by atoms with E-state index in [1.807, 2.05) is 44.2 Å². The topological polar surface area (TPSA) is 95.6 Å². The average Bonchev–Trinajstić information content (AvgIpc) is 3.25. The predicted molar refractivity (Wildman–Crippen MR) is 120 cm³/mol.